The van der Waals surface area contributed by atoms with E-state index in [2.05, 4.69) is 4.72 Å². The van der Waals surface area contributed by atoms with Crippen LogP contribution in [-0.2, 0) is 20.2 Å². The van der Waals surface area contributed by atoms with E-state index in [9.17, 15) is 13.2 Å². The summed E-state index contributed by atoms with van der Waals surface area (Å²) in [6.07, 6.45) is 0. The molecule has 1 N–H and O–H groups in total. The maximum atomic E-state index is 12.7. The van der Waals surface area contributed by atoms with Crippen molar-refractivity contribution < 1.29 is 22.4 Å². The quantitative estimate of drug-likeness (QED) is 0.645. The molecule has 6 nitrogen and oxygen atoms in total. The maximum absolute atomic E-state index is 12.7. The summed E-state index contributed by atoms with van der Waals surface area (Å²) in [7, 11) is -2.46. The van der Waals surface area contributed by atoms with E-state index < -0.39 is 21.4 Å². The molecule has 0 aliphatic heterocycles. The van der Waals surface area contributed by atoms with Crippen LogP contribution in [0.15, 0.2) is 51.8 Å². The van der Waals surface area contributed by atoms with Crippen molar-refractivity contribution in [2.75, 3.05) is 11.8 Å². The van der Waals surface area contributed by atoms with E-state index in [4.69, 9.17) is 9.15 Å². The van der Waals surface area contributed by atoms with Gasteiger partial charge < -0.3 is 9.15 Å². The van der Waals surface area contributed by atoms with Gasteiger partial charge in [-0.2, -0.15) is 0 Å². The molecule has 3 aromatic rings. The molecule has 0 saturated heterocycles. The van der Waals surface area contributed by atoms with Crippen LogP contribution in [0.5, 0.6) is 0 Å². The molecule has 3 rings (SSSR count). The van der Waals surface area contributed by atoms with Gasteiger partial charge in [0.25, 0.3) is 10.0 Å². The number of nitrogens with one attached hydrogen (secondary N) is 1. The van der Waals surface area contributed by atoms with Gasteiger partial charge in [-0.1, -0.05) is 39.0 Å². The van der Waals surface area contributed by atoms with Crippen molar-refractivity contribution in [3.8, 4) is 0 Å². The lowest BCUT2D eigenvalue weighted by Gasteiger charge is -2.16. The molecule has 1 heterocycles. The van der Waals surface area contributed by atoms with Gasteiger partial charge in [0.2, 0.25) is 0 Å². The van der Waals surface area contributed by atoms with Crippen molar-refractivity contribution in [1.29, 1.82) is 0 Å². The number of sulfonamides is 1. The van der Waals surface area contributed by atoms with Crippen molar-refractivity contribution in [1.82, 2.24) is 0 Å². The average Bonchev–Trinajstić information content (AvgIpc) is 3.00. The number of benzene rings is 2. The summed E-state index contributed by atoms with van der Waals surface area (Å²) in [5.74, 6) is -0.0267. The number of esters is 1. The molecule has 0 bridgehead atoms. The first-order valence-electron chi connectivity index (χ1n) is 8.78. The zero-order valence-corrected chi connectivity index (χ0v) is 17.3. The topological polar surface area (TPSA) is 85.6 Å². The van der Waals surface area contributed by atoms with E-state index in [0.29, 0.717) is 33.5 Å². The highest BCUT2D eigenvalue weighted by Gasteiger charge is 2.30. The number of ether oxygens (including phenoxy) is 1. The molecule has 0 spiro atoms. The Kier molecular flexibility index (Phi) is 4.97. The monoisotopic (exact) mass is 401 g/mol. The molecule has 148 valence electrons. The summed E-state index contributed by atoms with van der Waals surface area (Å²) in [4.78, 5) is 12.6. The maximum Gasteiger partial charge on any atom is 0.342 e. The number of carbonyl (C=O) groups excluding carboxylic acids is 1. The lowest BCUT2D eigenvalue weighted by Crippen LogP contribution is -2.16. The predicted octanol–water partition coefficient (Wildman–Crippen LogP) is 4.63. The van der Waals surface area contributed by atoms with Gasteiger partial charge in [0.15, 0.2) is 0 Å². The smallest absolute Gasteiger partial charge is 0.342 e. The minimum absolute atomic E-state index is 0.158. The Morgan fingerprint density at radius 1 is 1.11 bits per heavy atom. The molecule has 0 aliphatic rings. The Morgan fingerprint density at radius 3 is 2.32 bits per heavy atom. The van der Waals surface area contributed by atoms with Crippen LogP contribution < -0.4 is 4.72 Å². The number of hydrogen-bond acceptors (Lipinski definition) is 5. The van der Waals surface area contributed by atoms with E-state index in [-0.39, 0.29) is 4.90 Å². The summed E-state index contributed by atoms with van der Waals surface area (Å²) in [6.45, 7) is 7.58. The SMILES string of the molecule is COC(=O)c1c(C(C)(C)C)oc2cc(C)c(NS(=O)(=O)c3ccccc3)cc12. The summed E-state index contributed by atoms with van der Waals surface area (Å²) >= 11 is 0. The van der Waals surface area contributed by atoms with E-state index in [1.165, 1.54) is 19.2 Å². The van der Waals surface area contributed by atoms with Crippen molar-refractivity contribution >= 4 is 32.6 Å². The van der Waals surface area contributed by atoms with Crippen molar-refractivity contribution in [3.05, 3.63) is 59.4 Å². The molecule has 0 amide bonds. The summed E-state index contributed by atoms with van der Waals surface area (Å²) in [5.41, 5.74) is 1.44. The van der Waals surface area contributed by atoms with Gasteiger partial charge in [-0.15, -0.1) is 0 Å². The highest BCUT2D eigenvalue weighted by atomic mass is 32.2. The molecule has 2 aromatic carbocycles. The first-order valence-corrected chi connectivity index (χ1v) is 10.3. The highest BCUT2D eigenvalue weighted by Crippen LogP contribution is 2.37. The molecule has 1 aromatic heterocycles. The van der Waals surface area contributed by atoms with E-state index >= 15 is 0 Å². The number of fused-ring (bicyclic) bond motifs is 1. The molecular weight excluding hydrogens is 378 g/mol. The Balaban J connectivity index is 2.18. The van der Waals surface area contributed by atoms with Crippen LogP contribution in [0, 0.1) is 6.92 Å². The second kappa shape index (κ2) is 6.98. The third-order valence-electron chi connectivity index (χ3n) is 4.40. The largest absolute Gasteiger partial charge is 0.465 e. The standard InChI is InChI=1S/C21H23NO5S/c1-13-11-17-15(18(20(23)26-5)19(27-17)21(2,3)4)12-16(13)22-28(24,25)14-9-7-6-8-10-14/h6-12,22H,1-5H3. The second-order valence-corrected chi connectivity index (χ2v) is 9.31. The third kappa shape index (κ3) is 3.62. The average molecular weight is 401 g/mol. The zero-order chi connectivity index (χ0) is 20.7. The van der Waals surface area contributed by atoms with Crippen LogP contribution >= 0.6 is 0 Å². The first-order chi connectivity index (χ1) is 13.0. The molecule has 0 atom stereocenters. The van der Waals surface area contributed by atoms with E-state index in [1.807, 2.05) is 20.8 Å². The van der Waals surface area contributed by atoms with Crippen LogP contribution in [0.25, 0.3) is 11.0 Å². The third-order valence-corrected chi connectivity index (χ3v) is 5.78. The summed E-state index contributed by atoms with van der Waals surface area (Å²) in [5, 5.41) is 0.508. The number of rotatable bonds is 4. The fourth-order valence-electron chi connectivity index (χ4n) is 2.99. The molecule has 28 heavy (non-hydrogen) atoms. The normalized spacial score (nSPS) is 12.2. The minimum Gasteiger partial charge on any atom is -0.465 e. The molecular formula is C21H23NO5S. The molecule has 7 heteroatoms. The Hall–Kier alpha value is -2.80. The van der Waals surface area contributed by atoms with Crippen LogP contribution in [-0.4, -0.2) is 21.5 Å². The van der Waals surface area contributed by atoms with Gasteiger partial charge in [0.05, 0.1) is 17.7 Å². The Morgan fingerprint density at radius 2 is 1.75 bits per heavy atom. The van der Waals surface area contributed by atoms with Gasteiger partial charge in [-0.3, -0.25) is 4.72 Å². The Bertz CT molecular complexity index is 1140. The number of furan rings is 1. The highest BCUT2D eigenvalue weighted by molar-refractivity contribution is 7.92. The van der Waals surface area contributed by atoms with Gasteiger partial charge in [-0.05, 0) is 36.8 Å². The molecule has 0 fully saturated rings. The number of hydrogen-bond donors (Lipinski definition) is 1. The van der Waals surface area contributed by atoms with Gasteiger partial charge >= 0.3 is 5.97 Å². The van der Waals surface area contributed by atoms with Gasteiger partial charge in [0, 0.05) is 10.8 Å². The van der Waals surface area contributed by atoms with Crippen LogP contribution in [0.4, 0.5) is 5.69 Å². The lowest BCUT2D eigenvalue weighted by molar-refractivity contribution is 0.0598. The van der Waals surface area contributed by atoms with Crippen molar-refractivity contribution in [2.24, 2.45) is 0 Å². The van der Waals surface area contributed by atoms with Gasteiger partial charge in [0.1, 0.15) is 16.9 Å². The van der Waals surface area contributed by atoms with Crippen molar-refractivity contribution in [2.45, 2.75) is 38.0 Å². The van der Waals surface area contributed by atoms with Crippen LogP contribution in [0.3, 0.4) is 0 Å². The Labute approximate surface area is 164 Å². The minimum atomic E-state index is -3.76. The zero-order valence-electron chi connectivity index (χ0n) is 16.5. The number of methoxy groups -OCH3 is 1. The number of aryl methyl sites for hydroxylation is 1. The van der Waals surface area contributed by atoms with Crippen molar-refractivity contribution in [3.63, 3.8) is 0 Å². The first kappa shape index (κ1) is 19.9. The molecule has 0 radical (unpaired) electrons. The lowest BCUT2D eigenvalue weighted by atomic mass is 9.89. The number of anilines is 1. The summed E-state index contributed by atoms with van der Waals surface area (Å²) in [6, 6.07) is 11.4. The summed E-state index contributed by atoms with van der Waals surface area (Å²) < 4.78 is 38.9. The molecule has 0 saturated carbocycles. The van der Waals surface area contributed by atoms with Crippen LogP contribution in [0.2, 0.25) is 0 Å². The second-order valence-electron chi connectivity index (χ2n) is 7.63. The number of carbonyl (C=O) groups is 1. The van der Waals surface area contributed by atoms with E-state index in [1.54, 1.807) is 37.3 Å². The molecule has 0 unspecified atom stereocenters. The fraction of sp³-hybridized carbons (Fsp3) is 0.286. The van der Waals surface area contributed by atoms with Crippen LogP contribution in [0.1, 0.15) is 42.5 Å². The van der Waals surface area contributed by atoms with E-state index in [0.717, 1.165) is 0 Å². The predicted molar refractivity (Wildman–Crippen MR) is 108 cm³/mol. The molecule has 0 aliphatic carbocycles. The fourth-order valence-corrected chi connectivity index (χ4v) is 4.13. The van der Waals surface area contributed by atoms with Gasteiger partial charge in [-0.25, -0.2) is 13.2 Å².